The summed E-state index contributed by atoms with van der Waals surface area (Å²) in [6.07, 6.45) is 3.04. The van der Waals surface area contributed by atoms with Crippen LogP contribution in [0.1, 0.15) is 12.5 Å². The SMILES string of the molecule is CCOc1ccccc1/C=C/C(=O)NCC(=O)Nc1ccccc1Br. The Morgan fingerprint density at radius 1 is 1.12 bits per heavy atom. The van der Waals surface area contributed by atoms with Crippen molar-refractivity contribution in [1.82, 2.24) is 5.32 Å². The van der Waals surface area contributed by atoms with Crippen LogP contribution in [-0.2, 0) is 9.59 Å². The number of hydrogen-bond donors (Lipinski definition) is 2. The largest absolute Gasteiger partial charge is 0.493 e. The van der Waals surface area contributed by atoms with Crippen molar-refractivity contribution in [3.8, 4) is 5.75 Å². The minimum atomic E-state index is -0.353. The summed E-state index contributed by atoms with van der Waals surface area (Å²) in [6, 6.07) is 14.7. The van der Waals surface area contributed by atoms with E-state index in [0.29, 0.717) is 18.0 Å². The van der Waals surface area contributed by atoms with Gasteiger partial charge >= 0.3 is 0 Å². The molecule has 0 aliphatic heterocycles. The van der Waals surface area contributed by atoms with Gasteiger partial charge < -0.3 is 15.4 Å². The third-order valence-corrected chi connectivity index (χ3v) is 3.90. The summed E-state index contributed by atoms with van der Waals surface area (Å²) in [5.74, 6) is 0.0534. The minimum absolute atomic E-state index is 0.113. The van der Waals surface area contributed by atoms with E-state index in [0.717, 1.165) is 10.0 Å². The Bertz CT molecular complexity index is 775. The lowest BCUT2D eigenvalue weighted by atomic mass is 10.2. The molecule has 6 heteroatoms. The highest BCUT2D eigenvalue weighted by Gasteiger charge is 2.06. The monoisotopic (exact) mass is 402 g/mol. The Morgan fingerprint density at radius 2 is 1.84 bits per heavy atom. The molecule has 0 heterocycles. The maximum Gasteiger partial charge on any atom is 0.244 e. The molecule has 0 saturated heterocycles. The number of hydrogen-bond acceptors (Lipinski definition) is 3. The normalized spacial score (nSPS) is 10.5. The molecule has 2 amide bonds. The van der Waals surface area contributed by atoms with E-state index in [-0.39, 0.29) is 18.4 Å². The van der Waals surface area contributed by atoms with Gasteiger partial charge in [0.1, 0.15) is 5.75 Å². The molecule has 0 atom stereocenters. The Balaban J connectivity index is 1.86. The Hall–Kier alpha value is -2.60. The van der Waals surface area contributed by atoms with E-state index in [4.69, 9.17) is 4.74 Å². The molecule has 2 rings (SSSR count). The van der Waals surface area contributed by atoms with Gasteiger partial charge in [-0.15, -0.1) is 0 Å². The van der Waals surface area contributed by atoms with Gasteiger partial charge in [-0.25, -0.2) is 0 Å². The maximum atomic E-state index is 11.9. The summed E-state index contributed by atoms with van der Waals surface area (Å²) in [4.78, 5) is 23.8. The molecule has 0 bridgehead atoms. The van der Waals surface area contributed by atoms with Gasteiger partial charge in [-0.05, 0) is 47.1 Å². The van der Waals surface area contributed by atoms with Crippen LogP contribution in [0.3, 0.4) is 0 Å². The number of para-hydroxylation sites is 2. The first-order chi connectivity index (χ1) is 12.1. The average molecular weight is 403 g/mol. The molecule has 0 spiro atoms. The third kappa shape index (κ3) is 6.08. The second kappa shape index (κ2) is 9.64. The summed E-state index contributed by atoms with van der Waals surface area (Å²) in [6.45, 7) is 2.33. The number of benzene rings is 2. The molecule has 25 heavy (non-hydrogen) atoms. The van der Waals surface area contributed by atoms with Gasteiger partial charge in [-0.2, -0.15) is 0 Å². The first kappa shape index (κ1) is 18.7. The van der Waals surface area contributed by atoms with Crippen LogP contribution in [0, 0.1) is 0 Å². The molecular formula is C19H19BrN2O3. The van der Waals surface area contributed by atoms with Gasteiger partial charge in [-0.1, -0.05) is 30.3 Å². The van der Waals surface area contributed by atoms with Gasteiger partial charge in [0.05, 0.1) is 18.8 Å². The van der Waals surface area contributed by atoms with E-state index in [1.165, 1.54) is 6.08 Å². The quantitative estimate of drug-likeness (QED) is 0.694. The summed E-state index contributed by atoms with van der Waals surface area (Å²) in [7, 11) is 0. The molecule has 0 radical (unpaired) electrons. The standard InChI is InChI=1S/C19H19BrN2O3/c1-2-25-17-10-6-3-7-14(17)11-12-18(23)21-13-19(24)22-16-9-5-4-8-15(16)20/h3-12H,2,13H2,1H3,(H,21,23)(H,22,24)/b12-11+. The smallest absolute Gasteiger partial charge is 0.244 e. The summed E-state index contributed by atoms with van der Waals surface area (Å²) < 4.78 is 6.27. The Morgan fingerprint density at radius 3 is 2.60 bits per heavy atom. The fraction of sp³-hybridized carbons (Fsp3) is 0.158. The van der Waals surface area contributed by atoms with Crippen molar-refractivity contribution in [2.24, 2.45) is 0 Å². The van der Waals surface area contributed by atoms with Crippen LogP contribution in [0.15, 0.2) is 59.1 Å². The molecule has 0 aromatic heterocycles. The first-order valence-electron chi connectivity index (χ1n) is 7.82. The molecule has 2 N–H and O–H groups in total. The van der Waals surface area contributed by atoms with Crippen molar-refractivity contribution in [2.75, 3.05) is 18.5 Å². The maximum absolute atomic E-state index is 11.9. The van der Waals surface area contributed by atoms with Crippen molar-refractivity contribution in [3.05, 3.63) is 64.6 Å². The van der Waals surface area contributed by atoms with Crippen LogP contribution in [0.2, 0.25) is 0 Å². The zero-order valence-corrected chi connectivity index (χ0v) is 15.4. The van der Waals surface area contributed by atoms with E-state index < -0.39 is 0 Å². The number of carbonyl (C=O) groups excluding carboxylic acids is 2. The van der Waals surface area contributed by atoms with Gasteiger partial charge in [0.15, 0.2) is 0 Å². The van der Waals surface area contributed by atoms with Crippen molar-refractivity contribution in [1.29, 1.82) is 0 Å². The number of carbonyl (C=O) groups is 2. The summed E-state index contributed by atoms with van der Waals surface area (Å²) in [5, 5.41) is 5.27. The van der Waals surface area contributed by atoms with E-state index >= 15 is 0 Å². The van der Waals surface area contributed by atoms with Gasteiger partial charge in [0.25, 0.3) is 0 Å². The third-order valence-electron chi connectivity index (χ3n) is 3.20. The molecular weight excluding hydrogens is 384 g/mol. The number of anilines is 1. The molecule has 2 aromatic rings. The molecule has 5 nitrogen and oxygen atoms in total. The van der Waals surface area contributed by atoms with Crippen LogP contribution in [0.4, 0.5) is 5.69 Å². The fourth-order valence-corrected chi connectivity index (χ4v) is 2.44. The summed E-state index contributed by atoms with van der Waals surface area (Å²) in [5.41, 5.74) is 1.46. The number of halogens is 1. The van der Waals surface area contributed by atoms with Gasteiger partial charge in [-0.3, -0.25) is 9.59 Å². The van der Waals surface area contributed by atoms with E-state index in [9.17, 15) is 9.59 Å². The van der Waals surface area contributed by atoms with Gasteiger partial charge in [0.2, 0.25) is 11.8 Å². The number of amides is 2. The predicted octanol–water partition coefficient (Wildman–Crippen LogP) is 3.62. The molecule has 130 valence electrons. The topological polar surface area (TPSA) is 67.4 Å². The molecule has 2 aromatic carbocycles. The number of ether oxygens (including phenoxy) is 1. The zero-order valence-electron chi connectivity index (χ0n) is 13.8. The minimum Gasteiger partial charge on any atom is -0.493 e. The lowest BCUT2D eigenvalue weighted by Crippen LogP contribution is -2.31. The highest BCUT2D eigenvalue weighted by Crippen LogP contribution is 2.21. The van der Waals surface area contributed by atoms with E-state index in [2.05, 4.69) is 26.6 Å². The van der Waals surface area contributed by atoms with Crippen LogP contribution < -0.4 is 15.4 Å². The zero-order chi connectivity index (χ0) is 18.1. The number of nitrogens with one attached hydrogen (secondary N) is 2. The number of rotatable bonds is 7. The van der Waals surface area contributed by atoms with Crippen molar-refractivity contribution >= 4 is 39.5 Å². The van der Waals surface area contributed by atoms with Gasteiger partial charge in [0, 0.05) is 16.1 Å². The van der Waals surface area contributed by atoms with Crippen molar-refractivity contribution in [2.45, 2.75) is 6.92 Å². The predicted molar refractivity (Wildman–Crippen MR) is 102 cm³/mol. The van der Waals surface area contributed by atoms with Crippen LogP contribution in [-0.4, -0.2) is 25.0 Å². The molecule has 0 aliphatic carbocycles. The van der Waals surface area contributed by atoms with E-state index in [1.807, 2.05) is 49.4 Å². The average Bonchev–Trinajstić information content (AvgIpc) is 2.61. The molecule has 0 fully saturated rings. The highest BCUT2D eigenvalue weighted by atomic mass is 79.9. The van der Waals surface area contributed by atoms with Crippen LogP contribution in [0.25, 0.3) is 6.08 Å². The lowest BCUT2D eigenvalue weighted by molar-refractivity contribution is -0.121. The Kier molecular flexibility index (Phi) is 7.22. The van der Waals surface area contributed by atoms with Crippen LogP contribution >= 0.6 is 15.9 Å². The van der Waals surface area contributed by atoms with Crippen molar-refractivity contribution in [3.63, 3.8) is 0 Å². The summed E-state index contributed by atoms with van der Waals surface area (Å²) >= 11 is 3.35. The fourth-order valence-electron chi connectivity index (χ4n) is 2.05. The second-order valence-corrected chi connectivity index (χ2v) is 5.90. The molecule has 0 unspecified atom stereocenters. The van der Waals surface area contributed by atoms with Crippen molar-refractivity contribution < 1.29 is 14.3 Å². The first-order valence-corrected chi connectivity index (χ1v) is 8.61. The van der Waals surface area contributed by atoms with Crippen LogP contribution in [0.5, 0.6) is 5.75 Å². The Labute approximate surface area is 155 Å². The van der Waals surface area contributed by atoms with E-state index in [1.54, 1.807) is 12.1 Å². The molecule has 0 saturated carbocycles. The second-order valence-electron chi connectivity index (χ2n) is 5.05. The lowest BCUT2D eigenvalue weighted by Gasteiger charge is -2.08. The highest BCUT2D eigenvalue weighted by molar-refractivity contribution is 9.10. The molecule has 0 aliphatic rings.